The zero-order valence-corrected chi connectivity index (χ0v) is 8.04. The monoisotopic (exact) mass is 214 g/mol. The quantitative estimate of drug-likeness (QED) is 0.573. The van der Waals surface area contributed by atoms with Gasteiger partial charge in [0.25, 0.3) is 0 Å². The van der Waals surface area contributed by atoms with Crippen LogP contribution in [0.5, 0.6) is 0 Å². The molecular formula is C10H6N4O2. The van der Waals surface area contributed by atoms with E-state index in [1.807, 2.05) is 0 Å². The van der Waals surface area contributed by atoms with Crippen LogP contribution in [0.1, 0.15) is 5.56 Å². The average Bonchev–Trinajstić information content (AvgIpc) is 2.26. The van der Waals surface area contributed by atoms with Crippen molar-refractivity contribution in [3.05, 3.63) is 39.9 Å². The van der Waals surface area contributed by atoms with Crippen LogP contribution in [-0.4, -0.2) is 9.91 Å². The smallest absolute Gasteiger partial charge is 0.329 e. The molecule has 0 aliphatic heterocycles. The van der Waals surface area contributed by atoms with Gasteiger partial charge in [-0.25, -0.2) is 4.98 Å². The van der Waals surface area contributed by atoms with Crippen LogP contribution in [0.15, 0.2) is 24.3 Å². The van der Waals surface area contributed by atoms with Crippen molar-refractivity contribution in [3.8, 4) is 6.07 Å². The van der Waals surface area contributed by atoms with Gasteiger partial charge in [0.05, 0.1) is 10.4 Å². The lowest BCUT2D eigenvalue weighted by Gasteiger charge is -2.02. The van der Waals surface area contributed by atoms with Crippen LogP contribution in [0.25, 0.3) is 10.9 Å². The van der Waals surface area contributed by atoms with Crippen molar-refractivity contribution in [1.82, 2.24) is 4.98 Å². The lowest BCUT2D eigenvalue weighted by atomic mass is 10.1. The fourth-order valence-corrected chi connectivity index (χ4v) is 1.52. The van der Waals surface area contributed by atoms with Crippen molar-refractivity contribution in [2.24, 2.45) is 0 Å². The molecule has 1 aromatic carbocycles. The number of nitrogen functional groups attached to an aromatic ring is 1. The van der Waals surface area contributed by atoms with Gasteiger partial charge in [-0.2, -0.15) is 5.26 Å². The number of nitrogens with zero attached hydrogens (tertiary/aromatic N) is 3. The van der Waals surface area contributed by atoms with Gasteiger partial charge < -0.3 is 5.73 Å². The molecule has 16 heavy (non-hydrogen) atoms. The first-order valence-corrected chi connectivity index (χ1v) is 4.38. The number of hydrogen-bond donors (Lipinski definition) is 1. The number of nitrogens with two attached hydrogens (primary N) is 1. The Morgan fingerprint density at radius 3 is 2.75 bits per heavy atom. The summed E-state index contributed by atoms with van der Waals surface area (Å²) in [4.78, 5) is 14.0. The zero-order chi connectivity index (χ0) is 11.7. The Morgan fingerprint density at radius 1 is 1.44 bits per heavy atom. The zero-order valence-electron chi connectivity index (χ0n) is 8.04. The number of pyridine rings is 1. The lowest BCUT2D eigenvalue weighted by molar-refractivity contribution is -0.384. The molecule has 0 atom stereocenters. The molecule has 0 saturated heterocycles. The molecule has 0 aliphatic rings. The third-order valence-corrected chi connectivity index (χ3v) is 2.19. The summed E-state index contributed by atoms with van der Waals surface area (Å²) in [6, 6.07) is 8.46. The van der Waals surface area contributed by atoms with Crippen LogP contribution >= 0.6 is 0 Å². The number of nitriles is 1. The Bertz CT molecular complexity index is 630. The molecule has 78 valence electrons. The molecule has 2 N–H and O–H groups in total. The molecule has 0 fully saturated rings. The van der Waals surface area contributed by atoms with Gasteiger partial charge in [-0.05, 0) is 6.07 Å². The van der Waals surface area contributed by atoms with Crippen molar-refractivity contribution in [2.45, 2.75) is 0 Å². The molecule has 0 radical (unpaired) electrons. The van der Waals surface area contributed by atoms with E-state index in [9.17, 15) is 10.1 Å². The molecule has 2 rings (SSSR count). The van der Waals surface area contributed by atoms with Gasteiger partial charge in [-0.3, -0.25) is 10.1 Å². The topological polar surface area (TPSA) is 106 Å². The molecule has 0 bridgehead atoms. The molecule has 0 aliphatic carbocycles. The minimum atomic E-state index is -0.687. The van der Waals surface area contributed by atoms with E-state index in [1.54, 1.807) is 30.3 Å². The highest BCUT2D eigenvalue weighted by atomic mass is 16.6. The molecule has 0 spiro atoms. The number of rotatable bonds is 1. The second-order valence-corrected chi connectivity index (χ2v) is 3.11. The third-order valence-electron chi connectivity index (χ3n) is 2.19. The van der Waals surface area contributed by atoms with Crippen molar-refractivity contribution in [2.75, 3.05) is 5.73 Å². The van der Waals surface area contributed by atoms with Crippen LogP contribution in [0.2, 0.25) is 0 Å². The highest BCUT2D eigenvalue weighted by Crippen LogP contribution is 2.30. The number of hydrogen-bond acceptors (Lipinski definition) is 5. The van der Waals surface area contributed by atoms with E-state index in [1.165, 1.54) is 0 Å². The van der Waals surface area contributed by atoms with Crippen molar-refractivity contribution >= 4 is 22.4 Å². The maximum Gasteiger partial charge on any atom is 0.329 e. The number of aromatic nitrogens is 1. The fraction of sp³-hybridized carbons (Fsp3) is 0. The van der Waals surface area contributed by atoms with E-state index in [0.717, 1.165) is 0 Å². The van der Waals surface area contributed by atoms with Gasteiger partial charge >= 0.3 is 5.69 Å². The minimum Gasteiger partial charge on any atom is -0.378 e. The lowest BCUT2D eigenvalue weighted by Crippen LogP contribution is -2.02. The fourth-order valence-electron chi connectivity index (χ4n) is 1.52. The average molecular weight is 214 g/mol. The number of nitro groups is 1. The molecule has 6 nitrogen and oxygen atoms in total. The molecule has 2 aromatic rings. The molecule has 1 aromatic heterocycles. The Hall–Kier alpha value is -2.68. The van der Waals surface area contributed by atoms with Gasteiger partial charge in [-0.1, -0.05) is 18.2 Å². The van der Waals surface area contributed by atoms with Crippen LogP contribution in [0, 0.1) is 21.4 Å². The normalized spacial score (nSPS) is 9.94. The molecule has 0 unspecified atom stereocenters. The highest BCUT2D eigenvalue weighted by Gasteiger charge is 2.22. The molecular weight excluding hydrogens is 208 g/mol. The highest BCUT2D eigenvalue weighted by molar-refractivity contribution is 5.91. The number of fused-ring (bicyclic) bond motifs is 1. The Kier molecular flexibility index (Phi) is 2.14. The van der Waals surface area contributed by atoms with Crippen LogP contribution in [-0.2, 0) is 0 Å². The number of benzene rings is 1. The summed E-state index contributed by atoms with van der Waals surface area (Å²) in [5, 5.41) is 20.2. The third kappa shape index (κ3) is 1.31. The molecule has 1 heterocycles. The maximum atomic E-state index is 10.8. The van der Waals surface area contributed by atoms with Gasteiger partial charge in [0.1, 0.15) is 11.6 Å². The van der Waals surface area contributed by atoms with E-state index in [0.29, 0.717) is 10.9 Å². The van der Waals surface area contributed by atoms with Gasteiger partial charge in [-0.15, -0.1) is 0 Å². The SMILES string of the molecule is N#Cc1c([N+](=O)[O-])c(N)nc2ccccc12. The Labute approximate surface area is 90.1 Å². The van der Waals surface area contributed by atoms with Crippen molar-refractivity contribution < 1.29 is 4.92 Å². The maximum absolute atomic E-state index is 10.8. The van der Waals surface area contributed by atoms with Crippen molar-refractivity contribution in [3.63, 3.8) is 0 Å². The van der Waals surface area contributed by atoms with Gasteiger partial charge in [0.15, 0.2) is 0 Å². The summed E-state index contributed by atoms with van der Waals surface area (Å²) in [5.74, 6) is -0.236. The summed E-state index contributed by atoms with van der Waals surface area (Å²) in [6.07, 6.45) is 0. The molecule has 0 saturated carbocycles. The van der Waals surface area contributed by atoms with E-state index < -0.39 is 10.6 Å². The second-order valence-electron chi connectivity index (χ2n) is 3.11. The Morgan fingerprint density at radius 2 is 2.12 bits per heavy atom. The molecule has 0 amide bonds. The standard InChI is InChI=1S/C10H6N4O2/c11-5-7-6-3-1-2-4-8(6)13-10(12)9(7)14(15)16/h1-4H,(H2,12,13). The number of para-hydroxylation sites is 1. The first-order chi connectivity index (χ1) is 7.65. The van der Waals surface area contributed by atoms with Crippen LogP contribution in [0.4, 0.5) is 11.5 Å². The summed E-state index contributed by atoms with van der Waals surface area (Å²) < 4.78 is 0. The largest absolute Gasteiger partial charge is 0.378 e. The Balaban J connectivity index is 2.98. The second kappa shape index (κ2) is 3.47. The minimum absolute atomic E-state index is 0.0481. The molecule has 6 heteroatoms. The van der Waals surface area contributed by atoms with Gasteiger partial charge in [0, 0.05) is 5.39 Å². The van der Waals surface area contributed by atoms with E-state index in [2.05, 4.69) is 4.98 Å². The van der Waals surface area contributed by atoms with E-state index in [-0.39, 0.29) is 11.4 Å². The summed E-state index contributed by atoms with van der Waals surface area (Å²) in [5.41, 5.74) is 5.46. The van der Waals surface area contributed by atoms with Crippen LogP contribution < -0.4 is 5.73 Å². The van der Waals surface area contributed by atoms with Crippen molar-refractivity contribution in [1.29, 1.82) is 5.26 Å². The first-order valence-electron chi connectivity index (χ1n) is 4.38. The predicted octanol–water partition coefficient (Wildman–Crippen LogP) is 1.60. The van der Waals surface area contributed by atoms with Gasteiger partial charge in [0.2, 0.25) is 5.82 Å². The first kappa shape index (κ1) is 9.86. The summed E-state index contributed by atoms with van der Waals surface area (Å²) >= 11 is 0. The van der Waals surface area contributed by atoms with E-state index in [4.69, 9.17) is 11.0 Å². The predicted molar refractivity (Wildman–Crippen MR) is 57.5 cm³/mol. The summed E-state index contributed by atoms with van der Waals surface area (Å²) in [7, 11) is 0. The van der Waals surface area contributed by atoms with Crippen LogP contribution in [0.3, 0.4) is 0 Å². The summed E-state index contributed by atoms with van der Waals surface area (Å²) in [6.45, 7) is 0. The van der Waals surface area contributed by atoms with E-state index >= 15 is 0 Å². The number of anilines is 1.